The van der Waals surface area contributed by atoms with Crippen LogP contribution in [-0.4, -0.2) is 36.7 Å². The van der Waals surface area contributed by atoms with Gasteiger partial charge >= 0.3 is 0 Å². The molecular formula is C17H22N2O2. The highest BCUT2D eigenvalue weighted by atomic mass is 16.6. The molecule has 1 atom stereocenters. The molecule has 1 aromatic rings. The molecule has 3 rings (SSSR count). The Morgan fingerprint density at radius 3 is 2.57 bits per heavy atom. The first kappa shape index (κ1) is 14.2. The fourth-order valence-corrected chi connectivity index (χ4v) is 3.20. The summed E-state index contributed by atoms with van der Waals surface area (Å²) in [5.41, 5.74) is 0.693. The van der Waals surface area contributed by atoms with Crippen LogP contribution in [0.3, 0.4) is 0 Å². The molecule has 1 aromatic carbocycles. The molecule has 112 valence electrons. The fraction of sp³-hybridized carbons (Fsp3) is 0.588. The zero-order chi connectivity index (χ0) is 14.7. The van der Waals surface area contributed by atoms with Gasteiger partial charge in [0.25, 0.3) is 0 Å². The van der Waals surface area contributed by atoms with Crippen LogP contribution < -0.4 is 9.47 Å². The maximum Gasteiger partial charge on any atom is 0.161 e. The van der Waals surface area contributed by atoms with Crippen molar-refractivity contribution in [3.05, 3.63) is 23.8 Å². The van der Waals surface area contributed by atoms with Gasteiger partial charge in [-0.25, -0.2) is 0 Å². The second-order valence-electron chi connectivity index (χ2n) is 6.09. The SMILES string of the molecule is CC(C#N)(Cc1ccc2c(c1)OCCO2)N1CCCCC1. The summed E-state index contributed by atoms with van der Waals surface area (Å²) in [4.78, 5) is 2.33. The molecule has 1 fully saturated rings. The normalized spacial score (nSPS) is 21.3. The Hall–Kier alpha value is -1.73. The predicted octanol–water partition coefficient (Wildman–Crippen LogP) is 2.77. The van der Waals surface area contributed by atoms with Crippen LogP contribution in [0.2, 0.25) is 0 Å². The predicted molar refractivity (Wildman–Crippen MR) is 80.6 cm³/mol. The minimum absolute atomic E-state index is 0.440. The van der Waals surface area contributed by atoms with Gasteiger partial charge in [0, 0.05) is 6.42 Å². The molecule has 0 aromatic heterocycles. The maximum atomic E-state index is 9.69. The Labute approximate surface area is 126 Å². The number of ether oxygens (including phenoxy) is 2. The standard InChI is InChI=1S/C17H22N2O2/c1-17(13-18,19-7-3-2-4-8-19)12-14-5-6-15-16(11-14)21-10-9-20-15/h5-6,11H,2-4,7-10,12H2,1H3. The number of hydrogen-bond donors (Lipinski definition) is 0. The summed E-state index contributed by atoms with van der Waals surface area (Å²) in [5, 5.41) is 9.69. The average molecular weight is 286 g/mol. The Balaban J connectivity index is 1.78. The maximum absolute atomic E-state index is 9.69. The summed E-state index contributed by atoms with van der Waals surface area (Å²) in [5.74, 6) is 1.61. The smallest absolute Gasteiger partial charge is 0.161 e. The molecular weight excluding hydrogens is 264 g/mol. The van der Waals surface area contributed by atoms with Gasteiger partial charge in [0.05, 0.1) is 6.07 Å². The Bertz CT molecular complexity index is 546. The quantitative estimate of drug-likeness (QED) is 0.857. The lowest BCUT2D eigenvalue weighted by atomic mass is 9.90. The number of piperidine rings is 1. The van der Waals surface area contributed by atoms with E-state index in [1.54, 1.807) is 0 Å². The van der Waals surface area contributed by atoms with Crippen LogP contribution >= 0.6 is 0 Å². The second kappa shape index (κ2) is 5.95. The Kier molecular flexibility index (Phi) is 4.03. The molecule has 21 heavy (non-hydrogen) atoms. The molecule has 0 amide bonds. The van der Waals surface area contributed by atoms with Crippen molar-refractivity contribution in [2.75, 3.05) is 26.3 Å². The lowest BCUT2D eigenvalue weighted by Gasteiger charge is -2.38. The second-order valence-corrected chi connectivity index (χ2v) is 6.09. The summed E-state index contributed by atoms with van der Waals surface area (Å²) < 4.78 is 11.2. The van der Waals surface area contributed by atoms with E-state index in [0.717, 1.165) is 36.6 Å². The van der Waals surface area contributed by atoms with E-state index in [9.17, 15) is 5.26 Å². The van der Waals surface area contributed by atoms with E-state index >= 15 is 0 Å². The molecule has 0 radical (unpaired) electrons. The van der Waals surface area contributed by atoms with Gasteiger partial charge in [0.1, 0.15) is 18.8 Å². The molecule has 2 aliphatic heterocycles. The van der Waals surface area contributed by atoms with Gasteiger partial charge in [0.15, 0.2) is 11.5 Å². The molecule has 1 saturated heterocycles. The third-order valence-corrected chi connectivity index (χ3v) is 4.45. The van der Waals surface area contributed by atoms with Crippen LogP contribution in [0, 0.1) is 11.3 Å². The topological polar surface area (TPSA) is 45.5 Å². The molecule has 0 bridgehead atoms. The summed E-state index contributed by atoms with van der Waals surface area (Å²) >= 11 is 0. The third kappa shape index (κ3) is 2.98. The first-order valence-corrected chi connectivity index (χ1v) is 7.76. The zero-order valence-corrected chi connectivity index (χ0v) is 12.6. The van der Waals surface area contributed by atoms with Crippen LogP contribution in [0.5, 0.6) is 11.5 Å². The van der Waals surface area contributed by atoms with Crippen LogP contribution in [-0.2, 0) is 6.42 Å². The van der Waals surface area contributed by atoms with Gasteiger partial charge in [-0.05, 0) is 50.6 Å². The minimum atomic E-state index is -0.440. The van der Waals surface area contributed by atoms with Crippen LogP contribution in [0.1, 0.15) is 31.7 Å². The van der Waals surface area contributed by atoms with Crippen molar-refractivity contribution in [2.45, 2.75) is 38.1 Å². The van der Waals surface area contributed by atoms with Crippen molar-refractivity contribution in [2.24, 2.45) is 0 Å². The van der Waals surface area contributed by atoms with Crippen molar-refractivity contribution in [1.29, 1.82) is 5.26 Å². The zero-order valence-electron chi connectivity index (χ0n) is 12.6. The summed E-state index contributed by atoms with van der Waals surface area (Å²) in [6.45, 7) is 5.30. The molecule has 0 N–H and O–H groups in total. The van der Waals surface area contributed by atoms with Crippen LogP contribution in [0.4, 0.5) is 0 Å². The van der Waals surface area contributed by atoms with E-state index in [0.29, 0.717) is 13.2 Å². The highest BCUT2D eigenvalue weighted by Crippen LogP contribution is 2.33. The van der Waals surface area contributed by atoms with Gasteiger partial charge in [-0.15, -0.1) is 0 Å². The van der Waals surface area contributed by atoms with E-state index in [2.05, 4.69) is 17.9 Å². The van der Waals surface area contributed by atoms with Gasteiger partial charge in [0.2, 0.25) is 0 Å². The van der Waals surface area contributed by atoms with E-state index in [1.165, 1.54) is 19.3 Å². The summed E-state index contributed by atoms with van der Waals surface area (Å²) in [6.07, 6.45) is 4.39. The van der Waals surface area contributed by atoms with Gasteiger partial charge in [-0.2, -0.15) is 5.26 Å². The van der Waals surface area contributed by atoms with E-state index in [-0.39, 0.29) is 0 Å². The van der Waals surface area contributed by atoms with Gasteiger partial charge < -0.3 is 9.47 Å². The van der Waals surface area contributed by atoms with Crippen LogP contribution in [0.15, 0.2) is 18.2 Å². The van der Waals surface area contributed by atoms with Crippen molar-refractivity contribution in [1.82, 2.24) is 4.90 Å². The molecule has 4 nitrogen and oxygen atoms in total. The van der Waals surface area contributed by atoms with Crippen molar-refractivity contribution in [3.63, 3.8) is 0 Å². The molecule has 4 heteroatoms. The largest absolute Gasteiger partial charge is 0.486 e. The van der Waals surface area contributed by atoms with Crippen molar-refractivity contribution in [3.8, 4) is 17.6 Å². The number of fused-ring (bicyclic) bond motifs is 1. The van der Waals surface area contributed by atoms with E-state index < -0.39 is 5.54 Å². The number of nitriles is 1. The third-order valence-electron chi connectivity index (χ3n) is 4.45. The summed E-state index contributed by atoms with van der Waals surface area (Å²) in [7, 11) is 0. The average Bonchev–Trinajstić information content (AvgIpc) is 2.55. The van der Waals surface area contributed by atoms with E-state index in [4.69, 9.17) is 9.47 Å². The highest BCUT2D eigenvalue weighted by molar-refractivity contribution is 5.44. The molecule has 0 spiro atoms. The molecule has 2 heterocycles. The number of likely N-dealkylation sites (tertiary alicyclic amines) is 1. The van der Waals surface area contributed by atoms with Crippen molar-refractivity contribution >= 4 is 0 Å². The Morgan fingerprint density at radius 2 is 1.86 bits per heavy atom. The monoisotopic (exact) mass is 286 g/mol. The number of hydrogen-bond acceptors (Lipinski definition) is 4. The molecule has 2 aliphatic rings. The van der Waals surface area contributed by atoms with Crippen LogP contribution in [0.25, 0.3) is 0 Å². The summed E-state index contributed by atoms with van der Waals surface area (Å²) in [6, 6.07) is 8.56. The van der Waals surface area contributed by atoms with E-state index in [1.807, 2.05) is 18.2 Å². The Morgan fingerprint density at radius 1 is 1.14 bits per heavy atom. The van der Waals surface area contributed by atoms with Crippen molar-refractivity contribution < 1.29 is 9.47 Å². The number of benzene rings is 1. The molecule has 0 aliphatic carbocycles. The first-order chi connectivity index (χ1) is 10.2. The lowest BCUT2D eigenvalue weighted by Crippen LogP contribution is -2.49. The number of nitrogens with zero attached hydrogens (tertiary/aromatic N) is 2. The lowest BCUT2D eigenvalue weighted by molar-refractivity contribution is 0.123. The molecule has 1 unspecified atom stereocenters. The number of rotatable bonds is 3. The van der Waals surface area contributed by atoms with Gasteiger partial charge in [-0.1, -0.05) is 12.5 Å². The van der Waals surface area contributed by atoms with Gasteiger partial charge in [-0.3, -0.25) is 4.90 Å². The fourth-order valence-electron chi connectivity index (χ4n) is 3.20. The minimum Gasteiger partial charge on any atom is -0.486 e. The first-order valence-electron chi connectivity index (χ1n) is 7.76. The highest BCUT2D eigenvalue weighted by Gasteiger charge is 2.33. The molecule has 0 saturated carbocycles.